The molecular weight excluding hydrogens is 384 g/mol. The molecule has 0 unspecified atom stereocenters. The van der Waals surface area contributed by atoms with Gasteiger partial charge in [0.15, 0.2) is 11.4 Å². The van der Waals surface area contributed by atoms with Gasteiger partial charge >= 0.3 is 11.6 Å². The maximum Gasteiger partial charge on any atom is 0.351 e. The van der Waals surface area contributed by atoms with Crippen LogP contribution in [0, 0.1) is 17.8 Å². The molecule has 0 amide bonds. The zero-order chi connectivity index (χ0) is 21.6. The van der Waals surface area contributed by atoms with Crippen molar-refractivity contribution in [3.05, 3.63) is 52.4 Å². The molecule has 2 aromatic rings. The van der Waals surface area contributed by atoms with Crippen LogP contribution in [0.2, 0.25) is 0 Å². The van der Waals surface area contributed by atoms with Crippen LogP contribution in [0.5, 0.6) is 5.75 Å². The fourth-order valence-electron chi connectivity index (χ4n) is 4.71. The standard InChI is InChI=1S/C24H26O6/c1-13(2)16-10-17-22(26)21-19(30-24(17,4)20(11-16)28-14(3)25)12-18(29-23(21)27)15-8-6-5-7-9-15/h5-9,12-13,16-17,20H,10-11H2,1-4H3/t16-,17+,20-,24-/m0/s1. The van der Waals surface area contributed by atoms with Gasteiger partial charge in [-0.05, 0) is 31.6 Å². The van der Waals surface area contributed by atoms with Gasteiger partial charge in [0.25, 0.3) is 0 Å². The third-order valence-corrected chi connectivity index (χ3v) is 6.50. The monoisotopic (exact) mass is 410 g/mol. The van der Waals surface area contributed by atoms with Gasteiger partial charge in [0.2, 0.25) is 0 Å². The average molecular weight is 410 g/mol. The Bertz CT molecular complexity index is 1040. The zero-order valence-electron chi connectivity index (χ0n) is 17.6. The number of carbonyl (C=O) groups is 2. The van der Waals surface area contributed by atoms with E-state index in [1.54, 1.807) is 13.0 Å². The van der Waals surface area contributed by atoms with Crippen LogP contribution >= 0.6 is 0 Å². The van der Waals surface area contributed by atoms with Crippen molar-refractivity contribution in [2.75, 3.05) is 0 Å². The second-order valence-corrected chi connectivity index (χ2v) is 8.78. The van der Waals surface area contributed by atoms with Crippen LogP contribution < -0.4 is 10.4 Å². The van der Waals surface area contributed by atoms with Gasteiger partial charge in [0.05, 0.1) is 5.92 Å². The van der Waals surface area contributed by atoms with Crippen molar-refractivity contribution >= 4 is 11.8 Å². The van der Waals surface area contributed by atoms with Crippen LogP contribution in [0.4, 0.5) is 0 Å². The van der Waals surface area contributed by atoms with Gasteiger partial charge in [0, 0.05) is 18.6 Å². The summed E-state index contributed by atoms with van der Waals surface area (Å²) < 4.78 is 17.4. The predicted octanol–water partition coefficient (Wildman–Crippen LogP) is 4.25. The number of rotatable bonds is 3. The predicted molar refractivity (Wildman–Crippen MR) is 110 cm³/mol. The van der Waals surface area contributed by atoms with E-state index in [-0.39, 0.29) is 23.0 Å². The Morgan fingerprint density at radius 2 is 1.87 bits per heavy atom. The second kappa shape index (κ2) is 7.42. The van der Waals surface area contributed by atoms with Crippen LogP contribution in [-0.2, 0) is 9.53 Å². The lowest BCUT2D eigenvalue weighted by Gasteiger charge is -2.50. The molecule has 1 aliphatic carbocycles. The van der Waals surface area contributed by atoms with Gasteiger partial charge in [-0.25, -0.2) is 4.79 Å². The van der Waals surface area contributed by atoms with Crippen molar-refractivity contribution in [3.8, 4) is 17.1 Å². The molecule has 6 heteroatoms. The number of hydrogen-bond acceptors (Lipinski definition) is 6. The zero-order valence-corrected chi connectivity index (χ0v) is 17.6. The molecule has 0 bridgehead atoms. The number of fused-ring (bicyclic) bond motifs is 2. The summed E-state index contributed by atoms with van der Waals surface area (Å²) in [5.74, 6) is -0.293. The molecule has 1 saturated carbocycles. The van der Waals surface area contributed by atoms with Crippen molar-refractivity contribution in [1.29, 1.82) is 0 Å². The van der Waals surface area contributed by atoms with Gasteiger partial charge in [-0.3, -0.25) is 9.59 Å². The van der Waals surface area contributed by atoms with E-state index in [1.165, 1.54) is 6.92 Å². The molecule has 30 heavy (non-hydrogen) atoms. The molecule has 158 valence electrons. The topological polar surface area (TPSA) is 82.8 Å². The molecule has 2 heterocycles. The first kappa shape index (κ1) is 20.4. The molecule has 1 aromatic carbocycles. The Hall–Kier alpha value is -2.89. The number of benzene rings is 1. The van der Waals surface area contributed by atoms with E-state index in [1.807, 2.05) is 30.3 Å². The summed E-state index contributed by atoms with van der Waals surface area (Å²) >= 11 is 0. The fraction of sp³-hybridized carbons (Fsp3) is 0.458. The summed E-state index contributed by atoms with van der Waals surface area (Å²) in [7, 11) is 0. The SMILES string of the molecule is CC(=O)O[C@H]1C[C@@H](C(C)C)C[C@@H]2C(=O)c3c(cc(-c4ccccc4)oc3=O)O[C@]12C. The summed E-state index contributed by atoms with van der Waals surface area (Å²) in [4.78, 5) is 38.0. The van der Waals surface area contributed by atoms with Crippen LogP contribution in [0.3, 0.4) is 0 Å². The molecule has 4 rings (SSSR count). The lowest BCUT2D eigenvalue weighted by molar-refractivity contribution is -0.173. The van der Waals surface area contributed by atoms with Crippen molar-refractivity contribution in [2.24, 2.45) is 17.8 Å². The first-order chi connectivity index (χ1) is 14.2. The number of Topliss-reactive ketones (excluding diaryl/α,β-unsaturated/α-hetero) is 1. The summed E-state index contributed by atoms with van der Waals surface area (Å²) in [6.45, 7) is 7.33. The fourth-order valence-corrected chi connectivity index (χ4v) is 4.71. The van der Waals surface area contributed by atoms with E-state index >= 15 is 0 Å². The number of hydrogen-bond donors (Lipinski definition) is 0. The Kier molecular flexibility index (Phi) is 5.04. The largest absolute Gasteiger partial charge is 0.482 e. The van der Waals surface area contributed by atoms with Crippen molar-refractivity contribution < 1.29 is 23.5 Å². The molecule has 1 aliphatic heterocycles. The Morgan fingerprint density at radius 3 is 2.50 bits per heavy atom. The highest BCUT2D eigenvalue weighted by atomic mass is 16.6. The van der Waals surface area contributed by atoms with E-state index in [2.05, 4.69) is 13.8 Å². The summed E-state index contributed by atoms with van der Waals surface area (Å²) in [5.41, 5.74) is -1.08. The minimum Gasteiger partial charge on any atom is -0.482 e. The quantitative estimate of drug-likeness (QED) is 0.704. The Labute approximate surface area is 175 Å². The summed E-state index contributed by atoms with van der Waals surface area (Å²) in [6.07, 6.45) is 0.606. The van der Waals surface area contributed by atoms with Crippen molar-refractivity contribution in [1.82, 2.24) is 0 Å². The number of carbonyl (C=O) groups excluding carboxylic acids is 2. The van der Waals surface area contributed by atoms with Crippen LogP contribution in [0.25, 0.3) is 11.3 Å². The maximum absolute atomic E-state index is 13.4. The molecular formula is C24H26O6. The normalized spacial score (nSPS) is 27.8. The van der Waals surface area contributed by atoms with Gasteiger partial charge in [-0.1, -0.05) is 44.2 Å². The number of ether oxygens (including phenoxy) is 2. The number of ketones is 1. The maximum atomic E-state index is 13.4. The highest BCUT2D eigenvalue weighted by Crippen LogP contribution is 2.49. The third-order valence-electron chi connectivity index (χ3n) is 6.50. The number of esters is 1. The molecule has 1 fully saturated rings. The Morgan fingerprint density at radius 1 is 1.17 bits per heavy atom. The van der Waals surface area contributed by atoms with Gasteiger partial charge in [-0.2, -0.15) is 0 Å². The molecule has 6 nitrogen and oxygen atoms in total. The first-order valence-electron chi connectivity index (χ1n) is 10.3. The molecule has 4 atom stereocenters. The smallest absolute Gasteiger partial charge is 0.351 e. The first-order valence-corrected chi connectivity index (χ1v) is 10.3. The van der Waals surface area contributed by atoms with Crippen molar-refractivity contribution in [3.63, 3.8) is 0 Å². The van der Waals surface area contributed by atoms with Gasteiger partial charge in [0.1, 0.15) is 23.2 Å². The molecule has 1 aromatic heterocycles. The minimum absolute atomic E-state index is 0.0527. The average Bonchev–Trinajstić information content (AvgIpc) is 2.68. The molecule has 0 radical (unpaired) electrons. The summed E-state index contributed by atoms with van der Waals surface area (Å²) in [6, 6.07) is 10.8. The van der Waals surface area contributed by atoms with Gasteiger partial charge in [-0.15, -0.1) is 0 Å². The summed E-state index contributed by atoms with van der Waals surface area (Å²) in [5, 5.41) is 0. The highest BCUT2D eigenvalue weighted by Gasteiger charge is 2.57. The van der Waals surface area contributed by atoms with Gasteiger partial charge < -0.3 is 13.9 Å². The third kappa shape index (κ3) is 3.34. The van der Waals surface area contributed by atoms with Crippen LogP contribution in [0.1, 0.15) is 50.9 Å². The molecule has 0 N–H and O–H groups in total. The van der Waals surface area contributed by atoms with E-state index < -0.39 is 29.2 Å². The van der Waals surface area contributed by atoms with E-state index in [9.17, 15) is 14.4 Å². The van der Waals surface area contributed by atoms with Crippen LogP contribution in [0.15, 0.2) is 45.6 Å². The van der Waals surface area contributed by atoms with Crippen molar-refractivity contribution in [2.45, 2.75) is 52.2 Å². The molecule has 0 spiro atoms. The molecule has 2 aliphatic rings. The second-order valence-electron chi connectivity index (χ2n) is 8.78. The van der Waals surface area contributed by atoms with E-state index in [0.717, 1.165) is 0 Å². The van der Waals surface area contributed by atoms with E-state index in [0.29, 0.717) is 30.1 Å². The van der Waals surface area contributed by atoms with E-state index in [4.69, 9.17) is 13.9 Å². The minimum atomic E-state index is -1.04. The lowest BCUT2D eigenvalue weighted by atomic mass is 9.64. The lowest BCUT2D eigenvalue weighted by Crippen LogP contribution is -2.62. The highest BCUT2D eigenvalue weighted by molar-refractivity contribution is 6.02. The van der Waals surface area contributed by atoms with Crippen LogP contribution in [-0.4, -0.2) is 23.5 Å². The molecule has 0 saturated heterocycles. The Balaban J connectivity index is 1.82.